The molecule has 1 aromatic heterocycles. The molecule has 0 saturated carbocycles. The highest BCUT2D eigenvalue weighted by Crippen LogP contribution is 2.53. The van der Waals surface area contributed by atoms with Crippen LogP contribution in [0.2, 0.25) is 0 Å². The van der Waals surface area contributed by atoms with Gasteiger partial charge in [0.2, 0.25) is 0 Å². The van der Waals surface area contributed by atoms with E-state index in [9.17, 15) is 25.2 Å². The van der Waals surface area contributed by atoms with Crippen LogP contribution in [0.1, 0.15) is 56.2 Å². The molecule has 7 heteroatoms. The molecular formula is C29H28O7. The zero-order chi connectivity index (χ0) is 25.9. The third kappa shape index (κ3) is 3.46. The number of allylic oxidation sites excluding steroid dienone is 3. The second kappa shape index (κ2) is 8.22. The Morgan fingerprint density at radius 3 is 2.64 bits per heavy atom. The average molecular weight is 489 g/mol. The van der Waals surface area contributed by atoms with Crippen LogP contribution in [0.3, 0.4) is 0 Å². The summed E-state index contributed by atoms with van der Waals surface area (Å²) >= 11 is 0. The van der Waals surface area contributed by atoms with Crippen LogP contribution < -0.4 is 10.2 Å². The van der Waals surface area contributed by atoms with Gasteiger partial charge in [-0.2, -0.15) is 0 Å². The molecule has 7 nitrogen and oxygen atoms in total. The van der Waals surface area contributed by atoms with Crippen molar-refractivity contribution in [1.29, 1.82) is 0 Å². The van der Waals surface area contributed by atoms with Gasteiger partial charge in [0.25, 0.3) is 0 Å². The number of ether oxygens (including phenoxy) is 1. The molecule has 1 aliphatic heterocycles. The molecule has 0 bridgehead atoms. The van der Waals surface area contributed by atoms with Crippen LogP contribution in [-0.2, 0) is 6.42 Å². The average Bonchev–Trinajstić information content (AvgIpc) is 2.81. The molecule has 5 rings (SSSR count). The number of aromatic hydroxyl groups is 4. The summed E-state index contributed by atoms with van der Waals surface area (Å²) in [5.74, 6) is -1.58. The van der Waals surface area contributed by atoms with Crippen molar-refractivity contribution in [2.24, 2.45) is 0 Å². The van der Waals surface area contributed by atoms with Gasteiger partial charge in [-0.3, -0.25) is 4.79 Å². The van der Waals surface area contributed by atoms with Gasteiger partial charge >= 0.3 is 0 Å². The lowest BCUT2D eigenvalue weighted by Crippen LogP contribution is -2.31. The highest BCUT2D eigenvalue weighted by atomic mass is 16.5. The number of phenols is 4. The molecule has 186 valence electrons. The van der Waals surface area contributed by atoms with Crippen molar-refractivity contribution < 1.29 is 29.6 Å². The van der Waals surface area contributed by atoms with Gasteiger partial charge < -0.3 is 29.6 Å². The van der Waals surface area contributed by atoms with Crippen LogP contribution in [0.5, 0.6) is 28.7 Å². The van der Waals surface area contributed by atoms with E-state index in [0.717, 1.165) is 12.5 Å². The maximum Gasteiger partial charge on any atom is 0.200 e. The normalized spacial score (nSPS) is 20.1. The molecule has 0 radical (unpaired) electrons. The minimum Gasteiger partial charge on any atom is -0.507 e. The molecule has 1 unspecified atom stereocenters. The van der Waals surface area contributed by atoms with Crippen molar-refractivity contribution in [3.63, 3.8) is 0 Å². The lowest BCUT2D eigenvalue weighted by atomic mass is 9.77. The Labute approximate surface area is 207 Å². The quantitative estimate of drug-likeness (QED) is 0.201. The first-order valence-electron chi connectivity index (χ1n) is 11.8. The summed E-state index contributed by atoms with van der Waals surface area (Å²) in [4.78, 5) is 13.7. The maximum absolute atomic E-state index is 13.7. The third-order valence-corrected chi connectivity index (χ3v) is 7.10. The van der Waals surface area contributed by atoms with E-state index in [1.165, 1.54) is 6.07 Å². The highest BCUT2D eigenvalue weighted by molar-refractivity contribution is 5.96. The zero-order valence-corrected chi connectivity index (χ0v) is 20.4. The Hall–Kier alpha value is -4.13. The predicted molar refractivity (Wildman–Crippen MR) is 138 cm³/mol. The van der Waals surface area contributed by atoms with E-state index < -0.39 is 28.4 Å². The lowest BCUT2D eigenvalue weighted by molar-refractivity contribution is 0.128. The van der Waals surface area contributed by atoms with Gasteiger partial charge in [0.05, 0.1) is 11.1 Å². The summed E-state index contributed by atoms with van der Waals surface area (Å²) in [6, 6.07) is 2.45. The molecule has 4 N–H and O–H groups in total. The smallest absolute Gasteiger partial charge is 0.200 e. The van der Waals surface area contributed by atoms with Crippen molar-refractivity contribution in [3.05, 3.63) is 69.4 Å². The Balaban J connectivity index is 1.78. The van der Waals surface area contributed by atoms with Crippen molar-refractivity contribution in [3.8, 4) is 40.1 Å². The number of rotatable bonds is 4. The topological polar surface area (TPSA) is 120 Å². The number of hydrogen-bond acceptors (Lipinski definition) is 7. The van der Waals surface area contributed by atoms with E-state index in [0.29, 0.717) is 23.3 Å². The molecule has 2 atom stereocenters. The molecule has 2 aliphatic rings. The molecule has 3 aromatic rings. The van der Waals surface area contributed by atoms with Crippen LogP contribution in [-0.4, -0.2) is 26.0 Å². The van der Waals surface area contributed by atoms with Gasteiger partial charge in [-0.1, -0.05) is 24.3 Å². The van der Waals surface area contributed by atoms with Crippen molar-refractivity contribution in [1.82, 2.24) is 0 Å². The molecule has 1 aliphatic carbocycles. The van der Waals surface area contributed by atoms with E-state index in [-0.39, 0.29) is 51.3 Å². The standard InChI is InChI=1S/C29H28O7/c1-5-6-7-9-29(4)10-8-15-21(36-29)13-19(31)24-25(33)17-11-16(14(2)3)22-23(28(17)35-27(15)24)18(30)12-20(32)26(22)34/h5-6,8,10,12-13,16,30-32,34H,2,7,9,11H2,1,3-4H3/b6-5+/t16?,29-/m1/s1. The SMILES string of the molecule is C=C(C)C1Cc2c(oc3c4c(cc(O)c3c2=O)O[C@](C)(CC/C=C/C)C=C4)-c2c(O)cc(O)c(O)c21. The zero-order valence-electron chi connectivity index (χ0n) is 20.4. The summed E-state index contributed by atoms with van der Waals surface area (Å²) in [6.07, 6.45) is 9.40. The van der Waals surface area contributed by atoms with Gasteiger partial charge in [-0.05, 0) is 52.2 Å². The molecule has 36 heavy (non-hydrogen) atoms. The van der Waals surface area contributed by atoms with Crippen molar-refractivity contribution in [2.45, 2.75) is 51.6 Å². The molecule has 2 aromatic carbocycles. The molecule has 0 saturated heterocycles. The Bertz CT molecular complexity index is 1560. The number of hydrogen-bond donors (Lipinski definition) is 4. The van der Waals surface area contributed by atoms with Gasteiger partial charge in [0.15, 0.2) is 22.5 Å². The largest absolute Gasteiger partial charge is 0.507 e. The Kier molecular flexibility index (Phi) is 5.39. The molecular weight excluding hydrogens is 460 g/mol. The summed E-state index contributed by atoms with van der Waals surface area (Å²) < 4.78 is 12.5. The van der Waals surface area contributed by atoms with E-state index in [2.05, 4.69) is 12.7 Å². The molecule has 0 fully saturated rings. The summed E-state index contributed by atoms with van der Waals surface area (Å²) in [5.41, 5.74) is 0.805. The van der Waals surface area contributed by atoms with Crippen molar-refractivity contribution >= 4 is 17.0 Å². The van der Waals surface area contributed by atoms with Gasteiger partial charge in [-0.25, -0.2) is 0 Å². The van der Waals surface area contributed by atoms with Crippen LogP contribution >= 0.6 is 0 Å². The first-order chi connectivity index (χ1) is 17.1. The summed E-state index contributed by atoms with van der Waals surface area (Å²) in [6.45, 7) is 9.62. The summed E-state index contributed by atoms with van der Waals surface area (Å²) in [7, 11) is 0. The molecule has 2 heterocycles. The number of benzene rings is 2. The number of phenolic OH excluding ortho intramolecular Hbond substituents is 4. The van der Waals surface area contributed by atoms with Crippen LogP contribution in [0.25, 0.3) is 28.4 Å². The van der Waals surface area contributed by atoms with E-state index in [4.69, 9.17) is 9.15 Å². The first kappa shape index (κ1) is 23.6. The molecule has 0 spiro atoms. The predicted octanol–water partition coefficient (Wildman–Crippen LogP) is 6.02. The Morgan fingerprint density at radius 1 is 1.19 bits per heavy atom. The van der Waals surface area contributed by atoms with Crippen LogP contribution in [0.4, 0.5) is 0 Å². The van der Waals surface area contributed by atoms with E-state index >= 15 is 0 Å². The van der Waals surface area contributed by atoms with Crippen LogP contribution in [0, 0.1) is 0 Å². The minimum absolute atomic E-state index is 0.0182. The lowest BCUT2D eigenvalue weighted by Gasteiger charge is -2.32. The fourth-order valence-corrected chi connectivity index (χ4v) is 5.19. The van der Waals surface area contributed by atoms with Crippen LogP contribution in [0.15, 0.2) is 51.7 Å². The minimum atomic E-state index is -0.607. The second-order valence-electron chi connectivity index (χ2n) is 9.76. The van der Waals surface area contributed by atoms with Crippen molar-refractivity contribution in [2.75, 3.05) is 0 Å². The first-order valence-corrected chi connectivity index (χ1v) is 11.8. The highest BCUT2D eigenvalue weighted by Gasteiger charge is 2.37. The fourth-order valence-electron chi connectivity index (χ4n) is 5.19. The summed E-state index contributed by atoms with van der Waals surface area (Å²) in [5, 5.41) is 42.5. The maximum atomic E-state index is 13.7. The second-order valence-corrected chi connectivity index (χ2v) is 9.76. The van der Waals surface area contributed by atoms with E-state index in [1.807, 2.05) is 32.1 Å². The van der Waals surface area contributed by atoms with Gasteiger partial charge in [-0.15, -0.1) is 0 Å². The van der Waals surface area contributed by atoms with Gasteiger partial charge in [0, 0.05) is 29.2 Å². The van der Waals surface area contributed by atoms with Gasteiger partial charge in [0.1, 0.15) is 34.0 Å². The monoisotopic (exact) mass is 488 g/mol. The fraction of sp³-hybridized carbons (Fsp3) is 0.276. The van der Waals surface area contributed by atoms with E-state index in [1.54, 1.807) is 6.92 Å². The number of fused-ring (bicyclic) bond motifs is 6. The Morgan fingerprint density at radius 2 is 1.94 bits per heavy atom. The third-order valence-electron chi connectivity index (χ3n) is 7.10. The molecule has 0 amide bonds.